The number of carbonyl (C=O) groups excluding carboxylic acids is 11. The van der Waals surface area contributed by atoms with Crippen molar-refractivity contribution in [2.45, 2.75) is 238 Å². The molecule has 11 atom stereocenters. The molecule has 0 aliphatic rings. The molecule has 0 radical (unpaired) electrons. The van der Waals surface area contributed by atoms with Crippen LogP contribution in [0.1, 0.15) is 171 Å². The van der Waals surface area contributed by atoms with Gasteiger partial charge in [-0.1, -0.05) is 61.8 Å². The van der Waals surface area contributed by atoms with Crippen molar-refractivity contribution in [3.63, 3.8) is 0 Å². The number of primary amides is 1. The third-order valence-electron chi connectivity index (χ3n) is 14.8. The van der Waals surface area contributed by atoms with Crippen molar-refractivity contribution in [2.24, 2.45) is 85.3 Å². The summed E-state index contributed by atoms with van der Waals surface area (Å²) < 4.78 is 0. The van der Waals surface area contributed by atoms with Gasteiger partial charge in [-0.15, -0.1) is 0 Å². The van der Waals surface area contributed by atoms with Crippen molar-refractivity contribution in [3.8, 4) is 0 Å². The van der Waals surface area contributed by atoms with Gasteiger partial charge in [-0.3, -0.25) is 62.7 Å². The van der Waals surface area contributed by atoms with E-state index < -0.39 is 156 Å². The lowest BCUT2D eigenvalue weighted by atomic mass is 9.98. The van der Waals surface area contributed by atoms with Gasteiger partial charge in [0, 0.05) is 19.5 Å². The molecule has 0 unspecified atom stereocenters. The minimum absolute atomic E-state index is 0.0105. The number of guanidine groups is 2. The summed E-state index contributed by atoms with van der Waals surface area (Å²) in [6, 6.07) is -14.2. The fraction of sp³-hybridized carbons (Fsp3) is 0.767. The number of carbonyl (C=O) groups is 12. The molecular weight excluding hydrogens is 1220 g/mol. The molecule has 11 amide bonds. The zero-order valence-corrected chi connectivity index (χ0v) is 56.7. The van der Waals surface area contributed by atoms with Gasteiger partial charge < -0.3 is 110 Å². The zero-order chi connectivity index (χ0) is 71.8. The van der Waals surface area contributed by atoms with Crippen molar-refractivity contribution in [1.82, 2.24) is 53.2 Å². The van der Waals surface area contributed by atoms with E-state index in [-0.39, 0.29) is 108 Å². The predicted molar refractivity (Wildman–Crippen MR) is 356 cm³/mol. The maximum Gasteiger partial charge on any atom is 0.326 e. The van der Waals surface area contributed by atoms with Crippen molar-refractivity contribution in [2.75, 3.05) is 32.7 Å². The predicted octanol–water partition coefficient (Wildman–Crippen LogP) is -4.57. The van der Waals surface area contributed by atoms with E-state index in [1.165, 1.54) is 6.92 Å². The van der Waals surface area contributed by atoms with Crippen LogP contribution in [0, 0.1) is 23.7 Å². The molecule has 0 rings (SSSR count). The van der Waals surface area contributed by atoms with Crippen LogP contribution in [0.4, 0.5) is 0 Å². The lowest BCUT2D eigenvalue weighted by Gasteiger charge is -2.30. The van der Waals surface area contributed by atoms with Crippen LogP contribution in [-0.2, 0) is 57.5 Å². The number of hydrogen-bond acceptors (Lipinski definition) is 18. The summed E-state index contributed by atoms with van der Waals surface area (Å²) >= 11 is 0. The van der Waals surface area contributed by atoms with Gasteiger partial charge in [0.2, 0.25) is 65.0 Å². The molecule has 0 fully saturated rings. The molecule has 34 nitrogen and oxygen atoms in total. The topological polar surface area (TPSA) is 604 Å². The summed E-state index contributed by atoms with van der Waals surface area (Å²) in [5.41, 5.74) is 50.6. The highest BCUT2D eigenvalue weighted by atomic mass is 16.4. The fourth-order valence-electron chi connectivity index (χ4n) is 9.53. The second kappa shape index (κ2) is 47.0. The first-order valence-corrected chi connectivity index (χ1v) is 32.6. The highest BCUT2D eigenvalue weighted by Gasteiger charge is 2.37. The average Bonchev–Trinajstić information content (AvgIpc) is 0.969. The molecule has 94 heavy (non-hydrogen) atoms. The Bertz CT molecular complexity index is 2480. The Kier molecular flexibility index (Phi) is 43.0. The number of rotatable bonds is 50. The molecule has 0 aromatic carbocycles. The largest absolute Gasteiger partial charge is 0.480 e. The number of nitrogens with zero attached hydrogens (tertiary/aromatic N) is 2. The van der Waals surface area contributed by atoms with Gasteiger partial charge in [0.25, 0.3) is 0 Å². The highest BCUT2D eigenvalue weighted by molar-refractivity contribution is 5.99. The van der Waals surface area contributed by atoms with E-state index in [4.69, 9.17) is 51.6 Å². The lowest BCUT2D eigenvalue weighted by Crippen LogP contribution is -2.61. The van der Waals surface area contributed by atoms with E-state index in [2.05, 4.69) is 63.2 Å². The van der Waals surface area contributed by atoms with Crippen molar-refractivity contribution in [1.29, 1.82) is 0 Å². The van der Waals surface area contributed by atoms with Gasteiger partial charge in [0.15, 0.2) is 11.9 Å². The van der Waals surface area contributed by atoms with E-state index in [9.17, 15) is 62.6 Å². The Balaban J connectivity index is 6.94. The number of aliphatic carboxylic acids is 1. The summed E-state index contributed by atoms with van der Waals surface area (Å²) in [6.07, 6.45) is 2.70. The van der Waals surface area contributed by atoms with Crippen LogP contribution < -0.4 is 105 Å². The molecule has 34 heteroatoms. The lowest BCUT2D eigenvalue weighted by molar-refractivity contribution is -0.142. The average molecular weight is 1340 g/mol. The van der Waals surface area contributed by atoms with Crippen LogP contribution in [-0.4, -0.2) is 187 Å². The molecule has 0 aromatic heterocycles. The monoisotopic (exact) mass is 1340 g/mol. The number of nitrogens with two attached hydrogens (primary N) is 9. The van der Waals surface area contributed by atoms with Crippen molar-refractivity contribution >= 4 is 82.9 Å². The Morgan fingerprint density at radius 3 is 1.03 bits per heavy atom. The molecule has 0 saturated carbocycles. The fourth-order valence-corrected chi connectivity index (χ4v) is 9.53. The highest BCUT2D eigenvalue weighted by Crippen LogP contribution is 2.15. The van der Waals surface area contributed by atoms with Crippen LogP contribution in [0.25, 0.3) is 0 Å². The number of carboxylic acids is 1. The minimum atomic E-state index is -1.49. The number of amides is 11. The van der Waals surface area contributed by atoms with Crippen LogP contribution in [0.15, 0.2) is 9.98 Å². The van der Waals surface area contributed by atoms with Gasteiger partial charge in [-0.25, -0.2) is 4.79 Å². The Hall–Kier alpha value is -7.98. The molecule has 0 aliphatic carbocycles. The van der Waals surface area contributed by atoms with E-state index in [0.29, 0.717) is 51.5 Å². The van der Waals surface area contributed by atoms with Crippen LogP contribution in [0.5, 0.6) is 0 Å². The van der Waals surface area contributed by atoms with Crippen molar-refractivity contribution in [3.05, 3.63) is 0 Å². The molecule has 0 aromatic rings. The van der Waals surface area contributed by atoms with Crippen LogP contribution in [0.2, 0.25) is 0 Å². The second-order valence-electron chi connectivity index (χ2n) is 25.1. The molecular formula is C60H115N21O13. The molecule has 0 saturated heterocycles. The standard InChI is InChI=1S/C60H115N21O13/c1-32(2)30-43(78-49(84)37(64)18-10-13-25-61)54(89)72-36(9)48(83)73-41(23-24-45(65)82)51(86)74-39(20-12-15-27-63)52(87)80-46(34(5)6)56(91)76-38(19-11-14-26-62)50(85)75-40(21-16-28-70-59(66)67)53(88)81-47(35(7)8)57(92)79-44(31-33(3)4)55(90)77-42(58(93)94)22-17-29-71-60(68)69/h32-44,46-47H,10-31,61-64H2,1-9H3,(H2,65,82)(H,72,89)(H,73,83)(H,74,86)(H,75,85)(H,76,91)(H,77,90)(H,78,84)(H,79,92)(H,80,87)(H,81,88)(H,93,94)(H4,66,67,70)(H4,68,69,71)/t36-,37-,38-,39-,40-,41-,42-,43-,44-,46-,47-/m0/s1. The third-order valence-corrected chi connectivity index (χ3v) is 14.8. The van der Waals surface area contributed by atoms with Gasteiger partial charge in [-0.2, -0.15) is 0 Å². The number of carboxylic acid groups (broad SMARTS) is 1. The van der Waals surface area contributed by atoms with E-state index >= 15 is 0 Å². The van der Waals surface area contributed by atoms with Crippen molar-refractivity contribution < 1.29 is 62.6 Å². The Morgan fingerprint density at radius 2 is 0.660 bits per heavy atom. The second-order valence-corrected chi connectivity index (χ2v) is 25.1. The summed E-state index contributed by atoms with van der Waals surface area (Å²) in [5, 5.41) is 36.2. The van der Waals surface area contributed by atoms with E-state index in [0.717, 1.165) is 0 Å². The van der Waals surface area contributed by atoms with E-state index in [1.807, 2.05) is 13.8 Å². The summed E-state index contributed by atoms with van der Waals surface area (Å²) in [7, 11) is 0. The third kappa shape index (κ3) is 36.5. The number of nitrogens with one attached hydrogen (secondary N) is 10. The molecule has 0 aliphatic heterocycles. The van der Waals surface area contributed by atoms with E-state index in [1.54, 1.807) is 41.5 Å². The first kappa shape index (κ1) is 86.0. The molecule has 0 spiro atoms. The zero-order valence-electron chi connectivity index (χ0n) is 56.7. The Labute approximate surface area is 552 Å². The first-order valence-electron chi connectivity index (χ1n) is 32.6. The number of unbranched alkanes of at least 4 members (excludes halogenated alkanes) is 3. The smallest absolute Gasteiger partial charge is 0.326 e. The van der Waals surface area contributed by atoms with Crippen LogP contribution in [0.3, 0.4) is 0 Å². The van der Waals surface area contributed by atoms with Gasteiger partial charge >= 0.3 is 5.97 Å². The molecule has 0 bridgehead atoms. The molecule has 538 valence electrons. The van der Waals surface area contributed by atoms with Gasteiger partial charge in [0.1, 0.15) is 60.4 Å². The maximum absolute atomic E-state index is 14.5. The Morgan fingerprint density at radius 1 is 0.351 bits per heavy atom. The van der Waals surface area contributed by atoms with Gasteiger partial charge in [0.05, 0.1) is 6.04 Å². The maximum atomic E-state index is 14.5. The summed E-state index contributed by atoms with van der Waals surface area (Å²) in [4.78, 5) is 172. The number of aliphatic imine (C=N–C) groups is 2. The van der Waals surface area contributed by atoms with Gasteiger partial charge in [-0.05, 0) is 147 Å². The SMILES string of the molecule is CC(C)C[C@H](NC(=O)[C@@H](NC(=O)[C@H](CCCN=C(N)N)NC(=O)[C@H](CCCCN)NC(=O)[C@@H](NC(=O)[C@H](CCCCN)NC(=O)[C@H](CCC(N)=O)NC(=O)[C@H](C)NC(=O)[C@H](CC(C)C)NC(=O)[C@@H](N)CCCCN)C(C)C)C(C)C)C(=O)N[C@@H](CCCN=C(N)N)C(=O)O. The first-order chi connectivity index (χ1) is 44.1. The quantitative estimate of drug-likeness (QED) is 0.0155. The summed E-state index contributed by atoms with van der Waals surface area (Å²) in [6.45, 7) is 16.1. The minimum Gasteiger partial charge on any atom is -0.480 e. The normalized spacial score (nSPS) is 14.8. The summed E-state index contributed by atoms with van der Waals surface area (Å²) in [5.74, 6) is -12.1. The molecule has 29 N–H and O–H groups in total. The number of hydrogen-bond donors (Lipinski definition) is 20. The molecule has 0 heterocycles. The van der Waals surface area contributed by atoms with Crippen LogP contribution >= 0.6 is 0 Å².